The highest BCUT2D eigenvalue weighted by molar-refractivity contribution is 6.35. The lowest BCUT2D eigenvalue weighted by Crippen LogP contribution is -2.26. The Morgan fingerprint density at radius 1 is 1.15 bits per heavy atom. The quantitative estimate of drug-likeness (QED) is 0.470. The van der Waals surface area contributed by atoms with Crippen LogP contribution >= 0.6 is 0 Å². The molecular weight excluding hydrogens is 342 g/mol. The van der Waals surface area contributed by atoms with Gasteiger partial charge in [-0.25, -0.2) is 9.79 Å². The number of hydrogen-bond acceptors (Lipinski definition) is 5. The van der Waals surface area contributed by atoms with Gasteiger partial charge in [-0.3, -0.25) is 4.99 Å². The van der Waals surface area contributed by atoms with Crippen LogP contribution in [0.25, 0.3) is 0 Å². The van der Waals surface area contributed by atoms with Crippen LogP contribution in [-0.2, 0) is 26.9 Å². The molecule has 2 N–H and O–H groups in total. The smallest absolute Gasteiger partial charge is 0.373 e. The highest BCUT2D eigenvalue weighted by atomic mass is 16.5. The van der Waals surface area contributed by atoms with Gasteiger partial charge in [0.1, 0.15) is 6.34 Å². The maximum Gasteiger partial charge on any atom is 0.373 e. The molecule has 0 aliphatic heterocycles. The van der Waals surface area contributed by atoms with Gasteiger partial charge in [-0.15, -0.1) is 0 Å². The summed E-state index contributed by atoms with van der Waals surface area (Å²) in [7, 11) is 0. The number of hydrogen-bond donors (Lipinski definition) is 1. The van der Waals surface area contributed by atoms with Crippen molar-refractivity contribution in [2.24, 2.45) is 15.7 Å². The molecule has 0 bridgehead atoms. The molecule has 0 heterocycles. The fraction of sp³-hybridized carbons (Fsp3) is 0.450. The normalized spacial score (nSPS) is 12.5. The van der Waals surface area contributed by atoms with E-state index < -0.39 is 16.8 Å². The topological polar surface area (TPSA) is 125 Å². The summed E-state index contributed by atoms with van der Waals surface area (Å²) in [6.45, 7) is 9.45. The molecular formula is C20H25N5O2. The van der Waals surface area contributed by atoms with E-state index >= 15 is 0 Å². The van der Waals surface area contributed by atoms with Crippen LogP contribution in [0.15, 0.2) is 28.2 Å². The molecule has 142 valence electrons. The molecule has 0 radical (unpaired) electrons. The third kappa shape index (κ3) is 5.93. The summed E-state index contributed by atoms with van der Waals surface area (Å²) < 4.78 is 4.73. The number of aliphatic imine (C=N–C) groups is 2. The van der Waals surface area contributed by atoms with Crippen LogP contribution in [0, 0.1) is 22.7 Å². The van der Waals surface area contributed by atoms with Gasteiger partial charge in [0.15, 0.2) is 0 Å². The number of nitriles is 2. The molecule has 0 unspecified atom stereocenters. The van der Waals surface area contributed by atoms with Gasteiger partial charge >= 0.3 is 5.97 Å². The summed E-state index contributed by atoms with van der Waals surface area (Å²) in [5.74, 6) is -0.967. The average Bonchev–Trinajstić information content (AvgIpc) is 2.64. The summed E-state index contributed by atoms with van der Waals surface area (Å²) in [6.07, 6.45) is 1.20. The van der Waals surface area contributed by atoms with Gasteiger partial charge in [0.25, 0.3) is 0 Å². The molecule has 1 aromatic rings. The van der Waals surface area contributed by atoms with Gasteiger partial charge in [-0.1, -0.05) is 18.2 Å². The molecule has 7 nitrogen and oxygen atoms in total. The van der Waals surface area contributed by atoms with Crippen LogP contribution in [0.5, 0.6) is 0 Å². The van der Waals surface area contributed by atoms with Gasteiger partial charge in [-0.05, 0) is 51.3 Å². The Balaban J connectivity index is 3.16. The number of nitrogens with zero attached hydrogens (tertiary/aromatic N) is 4. The highest BCUT2D eigenvalue weighted by Crippen LogP contribution is 2.30. The number of ether oxygens (including phenoxy) is 1. The van der Waals surface area contributed by atoms with Crippen LogP contribution in [0.3, 0.4) is 0 Å². The Bertz CT molecular complexity index is 795. The van der Waals surface area contributed by atoms with Crippen molar-refractivity contribution in [2.75, 3.05) is 6.61 Å². The summed E-state index contributed by atoms with van der Waals surface area (Å²) in [5, 5.41) is 18.9. The maximum atomic E-state index is 11.4. The monoisotopic (exact) mass is 367 g/mol. The number of rotatable bonds is 6. The van der Waals surface area contributed by atoms with Gasteiger partial charge in [-0.2, -0.15) is 10.5 Å². The Morgan fingerprint density at radius 3 is 2.11 bits per heavy atom. The van der Waals surface area contributed by atoms with Gasteiger partial charge < -0.3 is 10.5 Å². The molecule has 1 aromatic carbocycles. The molecule has 0 spiro atoms. The Kier molecular flexibility index (Phi) is 7.25. The third-order valence-corrected chi connectivity index (χ3v) is 4.03. The average molecular weight is 367 g/mol. The van der Waals surface area contributed by atoms with E-state index in [1.54, 1.807) is 6.92 Å². The summed E-state index contributed by atoms with van der Waals surface area (Å²) in [5.41, 5.74) is 6.54. The van der Waals surface area contributed by atoms with Gasteiger partial charge in [0.2, 0.25) is 5.84 Å². The first-order chi connectivity index (χ1) is 12.6. The molecule has 0 aliphatic rings. The minimum absolute atomic E-state index is 0.213. The second-order valence-corrected chi connectivity index (χ2v) is 7.08. The Morgan fingerprint density at radius 2 is 1.67 bits per heavy atom. The number of amidine groups is 1. The Hall–Kier alpha value is -3.19. The predicted molar refractivity (Wildman–Crippen MR) is 104 cm³/mol. The first kappa shape index (κ1) is 21.9. The van der Waals surface area contributed by atoms with Crippen molar-refractivity contribution in [1.29, 1.82) is 10.5 Å². The van der Waals surface area contributed by atoms with Crippen molar-refractivity contribution in [3.05, 3.63) is 34.9 Å². The number of carbonyl (C=O) groups is 1. The second kappa shape index (κ2) is 8.95. The predicted octanol–water partition coefficient (Wildman–Crippen LogP) is 2.74. The lowest BCUT2D eigenvalue weighted by Gasteiger charge is -2.22. The van der Waals surface area contributed by atoms with E-state index in [4.69, 9.17) is 10.5 Å². The molecule has 0 atom stereocenters. The van der Waals surface area contributed by atoms with E-state index in [1.165, 1.54) is 6.34 Å². The van der Waals surface area contributed by atoms with E-state index in [0.29, 0.717) is 0 Å². The molecule has 0 saturated carbocycles. The first-order valence-electron chi connectivity index (χ1n) is 8.53. The fourth-order valence-electron chi connectivity index (χ4n) is 2.14. The number of esters is 1. The second-order valence-electron chi connectivity index (χ2n) is 7.08. The summed E-state index contributed by atoms with van der Waals surface area (Å²) in [6, 6.07) is 10.2. The third-order valence-electron chi connectivity index (χ3n) is 4.03. The van der Waals surface area contributed by atoms with Crippen molar-refractivity contribution in [1.82, 2.24) is 0 Å². The van der Waals surface area contributed by atoms with E-state index in [0.717, 1.165) is 16.7 Å². The van der Waals surface area contributed by atoms with E-state index in [1.807, 2.05) is 45.9 Å². The maximum absolute atomic E-state index is 11.4. The van der Waals surface area contributed by atoms with Crippen LogP contribution in [0.2, 0.25) is 0 Å². The van der Waals surface area contributed by atoms with Gasteiger partial charge in [0.05, 0.1) is 36.1 Å². The number of carbonyl (C=O) groups excluding carboxylic acids is 1. The van der Waals surface area contributed by atoms with Crippen molar-refractivity contribution >= 4 is 18.1 Å². The fourth-order valence-corrected chi connectivity index (χ4v) is 2.14. The van der Waals surface area contributed by atoms with Crippen LogP contribution < -0.4 is 5.73 Å². The molecule has 27 heavy (non-hydrogen) atoms. The highest BCUT2D eigenvalue weighted by Gasteiger charge is 2.26. The standard InChI is InChI=1S/C20H25N5O2/c1-6-27-18(26)17(23)25-13-24-10-14-7-15(19(2,3)11-21)9-16(8-14)20(4,5)12-22/h7-9,13H,6,10H2,1-5H3,(H2,23,24,25). The zero-order valence-corrected chi connectivity index (χ0v) is 16.4. The lowest BCUT2D eigenvalue weighted by molar-refractivity contribution is -0.135. The molecule has 0 aliphatic carbocycles. The van der Waals surface area contributed by atoms with Crippen molar-refractivity contribution in [2.45, 2.75) is 52.0 Å². The molecule has 0 amide bonds. The van der Waals surface area contributed by atoms with Crippen molar-refractivity contribution in [3.8, 4) is 12.1 Å². The number of benzene rings is 1. The summed E-state index contributed by atoms with van der Waals surface area (Å²) >= 11 is 0. The van der Waals surface area contributed by atoms with Crippen LogP contribution in [0.1, 0.15) is 51.3 Å². The molecule has 7 heteroatoms. The van der Waals surface area contributed by atoms with E-state index in [2.05, 4.69) is 22.1 Å². The molecule has 0 fully saturated rings. The van der Waals surface area contributed by atoms with E-state index in [9.17, 15) is 15.3 Å². The largest absolute Gasteiger partial charge is 0.460 e. The Labute approximate surface area is 160 Å². The van der Waals surface area contributed by atoms with Crippen molar-refractivity contribution in [3.63, 3.8) is 0 Å². The zero-order valence-electron chi connectivity index (χ0n) is 16.4. The molecule has 0 aromatic heterocycles. The first-order valence-corrected chi connectivity index (χ1v) is 8.53. The lowest BCUT2D eigenvalue weighted by atomic mass is 9.79. The summed E-state index contributed by atoms with van der Waals surface area (Å²) in [4.78, 5) is 19.3. The van der Waals surface area contributed by atoms with Crippen LogP contribution in [-0.4, -0.2) is 24.8 Å². The van der Waals surface area contributed by atoms with Crippen LogP contribution in [0.4, 0.5) is 0 Å². The van der Waals surface area contributed by atoms with Gasteiger partial charge in [0, 0.05) is 0 Å². The molecule has 0 saturated heterocycles. The number of nitrogens with two attached hydrogens (primary N) is 1. The minimum atomic E-state index is -0.702. The minimum Gasteiger partial charge on any atom is -0.460 e. The zero-order chi connectivity index (χ0) is 20.7. The van der Waals surface area contributed by atoms with E-state index in [-0.39, 0.29) is 19.0 Å². The van der Waals surface area contributed by atoms with Crippen molar-refractivity contribution < 1.29 is 9.53 Å². The SMILES string of the molecule is CCOC(=O)C(N)=NC=NCc1cc(C(C)(C)C#N)cc(C(C)(C)C#N)c1. The molecule has 1 rings (SSSR count).